The Balaban J connectivity index is 1.93. The van der Waals surface area contributed by atoms with Crippen molar-refractivity contribution in [3.63, 3.8) is 0 Å². The molecule has 1 heterocycles. The summed E-state index contributed by atoms with van der Waals surface area (Å²) in [6, 6.07) is 15.1. The highest BCUT2D eigenvalue weighted by molar-refractivity contribution is 7.98. The normalized spacial score (nSPS) is 12.6. The third kappa shape index (κ3) is 6.48. The van der Waals surface area contributed by atoms with Crippen LogP contribution in [-0.4, -0.2) is 20.7 Å². The molecule has 0 saturated carbocycles. The van der Waals surface area contributed by atoms with E-state index < -0.39 is 0 Å². The molecule has 0 saturated heterocycles. The standard InChI is InChI=1S/C23H26Cl2N4OS/c1-15(26-20(30)13-23(2,3)4)21-27-28-22(31-14-16-8-6-5-7-9-16)29(21)19-11-10-17(24)12-18(19)25/h5-12,15H,13-14H2,1-4H3,(H,26,30). The molecule has 1 atom stereocenters. The molecule has 164 valence electrons. The summed E-state index contributed by atoms with van der Waals surface area (Å²) < 4.78 is 1.90. The van der Waals surface area contributed by atoms with E-state index >= 15 is 0 Å². The maximum absolute atomic E-state index is 12.5. The number of rotatable bonds is 7. The van der Waals surface area contributed by atoms with Gasteiger partial charge in [-0.3, -0.25) is 9.36 Å². The van der Waals surface area contributed by atoms with Crippen LogP contribution >= 0.6 is 35.0 Å². The highest BCUT2D eigenvalue weighted by atomic mass is 35.5. The minimum Gasteiger partial charge on any atom is -0.346 e. The van der Waals surface area contributed by atoms with Crippen molar-refractivity contribution in [3.8, 4) is 5.69 Å². The van der Waals surface area contributed by atoms with Gasteiger partial charge in [0.05, 0.1) is 16.8 Å². The van der Waals surface area contributed by atoms with E-state index in [1.165, 1.54) is 5.56 Å². The van der Waals surface area contributed by atoms with E-state index in [4.69, 9.17) is 23.2 Å². The topological polar surface area (TPSA) is 59.8 Å². The molecule has 3 rings (SSSR count). The molecule has 0 aliphatic heterocycles. The van der Waals surface area contributed by atoms with E-state index in [0.717, 1.165) is 11.4 Å². The molecule has 0 aliphatic rings. The molecule has 0 aliphatic carbocycles. The average Bonchev–Trinajstić information content (AvgIpc) is 3.09. The first kappa shape index (κ1) is 23.6. The smallest absolute Gasteiger partial charge is 0.221 e. The molecule has 2 aromatic carbocycles. The van der Waals surface area contributed by atoms with E-state index in [0.29, 0.717) is 27.4 Å². The zero-order valence-electron chi connectivity index (χ0n) is 18.0. The predicted octanol–water partition coefficient (Wildman–Crippen LogP) is 6.48. The van der Waals surface area contributed by atoms with E-state index in [2.05, 4.69) is 27.6 Å². The molecule has 1 aromatic heterocycles. The first-order valence-corrected chi connectivity index (χ1v) is 11.7. The third-order valence-electron chi connectivity index (χ3n) is 4.48. The van der Waals surface area contributed by atoms with Crippen LogP contribution < -0.4 is 5.32 Å². The van der Waals surface area contributed by atoms with Gasteiger partial charge in [0.15, 0.2) is 11.0 Å². The maximum Gasteiger partial charge on any atom is 0.221 e. The summed E-state index contributed by atoms with van der Waals surface area (Å²) in [7, 11) is 0. The molecule has 5 nitrogen and oxygen atoms in total. The van der Waals surface area contributed by atoms with Gasteiger partial charge < -0.3 is 5.32 Å². The van der Waals surface area contributed by atoms with Gasteiger partial charge in [-0.2, -0.15) is 0 Å². The fourth-order valence-corrected chi connectivity index (χ4v) is 4.51. The van der Waals surface area contributed by atoms with E-state index in [1.54, 1.807) is 23.9 Å². The number of benzene rings is 2. The Bertz CT molecular complexity index is 1050. The number of amides is 1. The van der Waals surface area contributed by atoms with E-state index in [-0.39, 0.29) is 17.4 Å². The molecule has 1 N–H and O–H groups in total. The molecular weight excluding hydrogens is 451 g/mol. The van der Waals surface area contributed by atoms with Crippen molar-refractivity contribution < 1.29 is 4.79 Å². The monoisotopic (exact) mass is 476 g/mol. The lowest BCUT2D eigenvalue weighted by Crippen LogP contribution is -2.31. The summed E-state index contributed by atoms with van der Waals surface area (Å²) in [4.78, 5) is 12.5. The van der Waals surface area contributed by atoms with E-state index in [1.807, 2.05) is 56.5 Å². The van der Waals surface area contributed by atoms with Gasteiger partial charge in [-0.15, -0.1) is 10.2 Å². The van der Waals surface area contributed by atoms with Crippen LogP contribution in [0.25, 0.3) is 5.69 Å². The average molecular weight is 477 g/mol. The molecule has 0 spiro atoms. The molecule has 0 radical (unpaired) electrons. The van der Waals surface area contributed by atoms with Crippen LogP contribution in [0, 0.1) is 5.41 Å². The van der Waals surface area contributed by atoms with Crippen LogP contribution in [0.4, 0.5) is 0 Å². The highest BCUT2D eigenvalue weighted by Gasteiger charge is 2.24. The Morgan fingerprint density at radius 1 is 1.13 bits per heavy atom. The summed E-state index contributed by atoms with van der Waals surface area (Å²) in [5, 5.41) is 13.6. The van der Waals surface area contributed by atoms with E-state index in [9.17, 15) is 4.79 Å². The van der Waals surface area contributed by atoms with Gasteiger partial charge in [-0.1, -0.05) is 86.1 Å². The number of thioether (sulfide) groups is 1. The van der Waals surface area contributed by atoms with Crippen LogP contribution in [0.1, 0.15) is 51.5 Å². The second-order valence-corrected chi connectivity index (χ2v) is 10.4. The van der Waals surface area contributed by atoms with Crippen LogP contribution in [0.15, 0.2) is 53.7 Å². The number of carbonyl (C=O) groups is 1. The zero-order valence-corrected chi connectivity index (χ0v) is 20.4. The van der Waals surface area contributed by atoms with Crippen molar-refractivity contribution in [1.82, 2.24) is 20.1 Å². The van der Waals surface area contributed by atoms with Gasteiger partial charge in [0.25, 0.3) is 0 Å². The highest BCUT2D eigenvalue weighted by Crippen LogP contribution is 2.32. The maximum atomic E-state index is 12.5. The number of nitrogens with zero attached hydrogens (tertiary/aromatic N) is 3. The third-order valence-corrected chi connectivity index (χ3v) is 6.01. The molecule has 3 aromatic rings. The van der Waals surface area contributed by atoms with Crippen molar-refractivity contribution in [1.29, 1.82) is 0 Å². The Hall–Kier alpha value is -2.02. The molecule has 0 fully saturated rings. The molecule has 0 bridgehead atoms. The summed E-state index contributed by atoms with van der Waals surface area (Å²) in [5.41, 5.74) is 1.80. The molecule has 8 heteroatoms. The SMILES string of the molecule is CC(NC(=O)CC(C)(C)C)c1nnc(SCc2ccccc2)n1-c1ccc(Cl)cc1Cl. The fraction of sp³-hybridized carbons (Fsp3) is 0.348. The molecule has 1 unspecified atom stereocenters. The lowest BCUT2D eigenvalue weighted by Gasteiger charge is -2.21. The van der Waals surface area contributed by atoms with Crippen LogP contribution in [0.2, 0.25) is 10.0 Å². The molecule has 31 heavy (non-hydrogen) atoms. The van der Waals surface area contributed by atoms with Crippen LogP contribution in [0.5, 0.6) is 0 Å². The lowest BCUT2D eigenvalue weighted by atomic mass is 9.92. The Morgan fingerprint density at radius 2 is 1.84 bits per heavy atom. The number of nitrogens with one attached hydrogen (secondary N) is 1. The Kier molecular flexibility index (Phi) is 7.68. The van der Waals surface area contributed by atoms with Gasteiger partial charge in [0, 0.05) is 17.2 Å². The Labute approximate surface area is 197 Å². The van der Waals surface area contributed by atoms with Crippen molar-refractivity contribution in [2.24, 2.45) is 5.41 Å². The minimum absolute atomic E-state index is 0.0322. The second-order valence-electron chi connectivity index (χ2n) is 8.57. The first-order chi connectivity index (χ1) is 14.6. The summed E-state index contributed by atoms with van der Waals surface area (Å²) >= 11 is 14.2. The summed E-state index contributed by atoms with van der Waals surface area (Å²) in [5.74, 6) is 1.31. The van der Waals surface area contributed by atoms with Crippen molar-refractivity contribution in [3.05, 3.63) is 70.0 Å². The second kappa shape index (κ2) is 10.1. The molecule has 1 amide bonds. The van der Waals surface area contributed by atoms with Crippen molar-refractivity contribution >= 4 is 40.9 Å². The predicted molar refractivity (Wildman–Crippen MR) is 128 cm³/mol. The Morgan fingerprint density at radius 3 is 2.48 bits per heavy atom. The fourth-order valence-electron chi connectivity index (χ4n) is 3.11. The van der Waals surface area contributed by atoms with Gasteiger partial charge in [-0.25, -0.2) is 0 Å². The van der Waals surface area contributed by atoms with Crippen LogP contribution in [-0.2, 0) is 10.5 Å². The number of hydrogen-bond acceptors (Lipinski definition) is 4. The number of halogens is 2. The van der Waals surface area contributed by atoms with Crippen LogP contribution in [0.3, 0.4) is 0 Å². The summed E-state index contributed by atoms with van der Waals surface area (Å²) in [6.45, 7) is 8.00. The first-order valence-electron chi connectivity index (χ1n) is 10.0. The number of carbonyl (C=O) groups excluding carboxylic acids is 1. The minimum atomic E-state index is -0.347. The van der Waals surface area contributed by atoms with Crippen molar-refractivity contribution in [2.45, 2.75) is 51.1 Å². The quantitative estimate of drug-likeness (QED) is 0.396. The van der Waals surface area contributed by atoms with Crippen molar-refractivity contribution in [2.75, 3.05) is 0 Å². The lowest BCUT2D eigenvalue weighted by molar-refractivity contribution is -0.123. The summed E-state index contributed by atoms with van der Waals surface area (Å²) in [6.07, 6.45) is 0.419. The zero-order chi connectivity index (χ0) is 22.6. The van der Waals surface area contributed by atoms with Gasteiger partial charge in [0.2, 0.25) is 5.91 Å². The number of hydrogen-bond donors (Lipinski definition) is 1. The largest absolute Gasteiger partial charge is 0.346 e. The van der Waals surface area contributed by atoms with Gasteiger partial charge >= 0.3 is 0 Å². The van der Waals surface area contributed by atoms with Gasteiger partial charge in [0.1, 0.15) is 0 Å². The number of aromatic nitrogens is 3. The molecular formula is C23H26Cl2N4OS. The van der Waals surface area contributed by atoms with Gasteiger partial charge in [-0.05, 0) is 36.1 Å².